The van der Waals surface area contributed by atoms with Crippen LogP contribution in [0.4, 0.5) is 5.82 Å². The molecule has 2 aliphatic heterocycles. The first-order valence-corrected chi connectivity index (χ1v) is 21.0. The van der Waals surface area contributed by atoms with E-state index in [0.29, 0.717) is 17.0 Å². The number of benzene rings is 6. The highest BCUT2D eigenvalue weighted by molar-refractivity contribution is 7.82. The maximum Gasteiger partial charge on any atom is 0.400 e. The predicted molar refractivity (Wildman–Crippen MR) is 226 cm³/mol. The molecule has 8 aromatic rings. The van der Waals surface area contributed by atoms with Crippen LogP contribution in [-0.2, 0) is 39.4 Å². The Labute approximate surface area is 347 Å². The van der Waals surface area contributed by atoms with E-state index in [1.54, 1.807) is 10.9 Å². The zero-order chi connectivity index (χ0) is 40.6. The van der Waals surface area contributed by atoms with Crippen LogP contribution >= 0.6 is 0 Å². The van der Waals surface area contributed by atoms with Crippen molar-refractivity contribution in [3.8, 4) is 0 Å². The van der Waals surface area contributed by atoms with E-state index < -0.39 is 46.1 Å². The molecule has 2 aliphatic rings. The van der Waals surface area contributed by atoms with Crippen LogP contribution in [0.25, 0.3) is 11.2 Å². The molecule has 60 heavy (non-hydrogen) atoms. The Morgan fingerprint density at radius 1 is 0.567 bits per heavy atom. The standard InChI is InChI=1S/C48H39N5O6S/c54-60(55)58-42-40(31-56-48(37-25-13-4-14-26-37,38-27-15-5-16-28-38)39-29-17-6-18-30-39)57-46(43(42)59-60)53-33-51-41-44(49-32-50-45(41)53)52-47(34-19-7-1-8-20-34,35-21-9-2-10-22-35)36-23-11-3-12-24-36/h1-30,32-33,40,42-43,46H,31H2,(H,49,50,52)/t40-,42-,43-,46?/m1/s1. The van der Waals surface area contributed by atoms with E-state index in [0.717, 1.165) is 33.4 Å². The topological polar surface area (TPSA) is 127 Å². The third kappa shape index (κ3) is 6.55. The molecular weight excluding hydrogens is 775 g/mol. The fourth-order valence-corrected chi connectivity index (χ4v) is 9.67. The SMILES string of the molecule is O=S1(=O)O[C@@H]2[C@@H](COC(c3ccccc3)(c3ccccc3)c3ccccc3)OC(n3cnc4c(NC(c5ccccc5)(c5ccccc5)c5ccccc5)ncnc43)[C@@H]2O1. The number of fused-ring (bicyclic) bond motifs is 2. The molecule has 12 heteroatoms. The van der Waals surface area contributed by atoms with E-state index in [1.165, 1.54) is 6.33 Å². The molecule has 0 amide bonds. The third-order valence-corrected chi connectivity index (χ3v) is 12.2. The molecule has 1 N–H and O–H groups in total. The Morgan fingerprint density at radius 2 is 1.00 bits per heavy atom. The molecule has 4 heterocycles. The van der Waals surface area contributed by atoms with Crippen molar-refractivity contribution in [3.05, 3.63) is 228 Å². The Balaban J connectivity index is 1.04. The maximum absolute atomic E-state index is 13.0. The molecular formula is C48H39N5O6S. The number of hydrogen-bond donors (Lipinski definition) is 1. The van der Waals surface area contributed by atoms with Gasteiger partial charge in [-0.05, 0) is 33.4 Å². The summed E-state index contributed by atoms with van der Waals surface area (Å²) in [4.78, 5) is 14.2. The highest BCUT2D eigenvalue weighted by Crippen LogP contribution is 2.46. The van der Waals surface area contributed by atoms with Crippen LogP contribution in [0, 0.1) is 0 Å². The van der Waals surface area contributed by atoms with E-state index >= 15 is 0 Å². The summed E-state index contributed by atoms with van der Waals surface area (Å²) < 4.78 is 52.8. The monoisotopic (exact) mass is 813 g/mol. The van der Waals surface area contributed by atoms with Gasteiger partial charge in [0.2, 0.25) is 0 Å². The summed E-state index contributed by atoms with van der Waals surface area (Å²) in [6.45, 7) is -0.0581. The van der Waals surface area contributed by atoms with Gasteiger partial charge >= 0.3 is 10.4 Å². The maximum atomic E-state index is 13.0. The van der Waals surface area contributed by atoms with Crippen LogP contribution in [-0.4, -0.2) is 52.9 Å². The second-order valence-corrected chi connectivity index (χ2v) is 15.9. The van der Waals surface area contributed by atoms with Crippen molar-refractivity contribution in [1.29, 1.82) is 0 Å². The minimum absolute atomic E-state index is 0.0581. The average molecular weight is 814 g/mol. The molecule has 4 atom stereocenters. The van der Waals surface area contributed by atoms with Gasteiger partial charge in [-0.15, -0.1) is 0 Å². The summed E-state index contributed by atoms with van der Waals surface area (Å²) in [5.74, 6) is 0.458. The summed E-state index contributed by atoms with van der Waals surface area (Å²) in [7, 11) is -4.36. The summed E-state index contributed by atoms with van der Waals surface area (Å²) in [6, 6.07) is 60.3. The highest BCUT2D eigenvalue weighted by Gasteiger charge is 2.57. The van der Waals surface area contributed by atoms with E-state index in [1.807, 2.05) is 146 Å². The number of ether oxygens (including phenoxy) is 2. The molecule has 2 fully saturated rings. The van der Waals surface area contributed by atoms with Gasteiger partial charge in [-0.25, -0.2) is 23.3 Å². The van der Waals surface area contributed by atoms with Gasteiger partial charge in [0.05, 0.1) is 12.9 Å². The van der Waals surface area contributed by atoms with Crippen LogP contribution in [0.3, 0.4) is 0 Å². The minimum Gasteiger partial charge on any atom is -0.358 e. The fraction of sp³-hybridized carbons (Fsp3) is 0.146. The Hall–Kier alpha value is -6.54. The van der Waals surface area contributed by atoms with Crippen molar-refractivity contribution in [2.45, 2.75) is 35.7 Å². The smallest absolute Gasteiger partial charge is 0.358 e. The van der Waals surface area contributed by atoms with Crippen molar-refractivity contribution < 1.29 is 26.3 Å². The van der Waals surface area contributed by atoms with Crippen molar-refractivity contribution in [3.63, 3.8) is 0 Å². The first kappa shape index (κ1) is 37.7. The lowest BCUT2D eigenvalue weighted by Gasteiger charge is -2.37. The number of anilines is 1. The number of rotatable bonds is 12. The van der Waals surface area contributed by atoms with Gasteiger partial charge in [-0.1, -0.05) is 182 Å². The second kappa shape index (κ2) is 15.6. The quantitative estimate of drug-likeness (QED) is 0.121. The third-order valence-electron chi connectivity index (χ3n) is 11.3. The second-order valence-electron chi connectivity index (χ2n) is 14.7. The minimum atomic E-state index is -4.36. The molecule has 10 rings (SSSR count). The molecule has 2 aromatic heterocycles. The number of nitrogens with zero attached hydrogens (tertiary/aromatic N) is 4. The van der Waals surface area contributed by atoms with Crippen molar-refractivity contribution >= 4 is 27.4 Å². The first-order chi connectivity index (χ1) is 29.5. The Morgan fingerprint density at radius 3 is 1.47 bits per heavy atom. The summed E-state index contributed by atoms with van der Waals surface area (Å²) >= 11 is 0. The molecule has 1 unspecified atom stereocenters. The van der Waals surface area contributed by atoms with Crippen LogP contribution in [0.1, 0.15) is 39.6 Å². The van der Waals surface area contributed by atoms with Gasteiger partial charge in [0.25, 0.3) is 0 Å². The van der Waals surface area contributed by atoms with Crippen LogP contribution in [0.15, 0.2) is 195 Å². The van der Waals surface area contributed by atoms with Crippen molar-refractivity contribution in [2.75, 3.05) is 11.9 Å². The number of nitrogens with one attached hydrogen (secondary N) is 1. The zero-order valence-corrected chi connectivity index (χ0v) is 33.0. The lowest BCUT2D eigenvalue weighted by molar-refractivity contribution is -0.0954. The molecule has 0 aliphatic carbocycles. The van der Waals surface area contributed by atoms with E-state index in [-0.39, 0.29) is 6.61 Å². The van der Waals surface area contributed by atoms with Gasteiger partial charge in [0.1, 0.15) is 29.7 Å². The predicted octanol–water partition coefficient (Wildman–Crippen LogP) is 8.17. The molecule has 298 valence electrons. The van der Waals surface area contributed by atoms with Crippen LogP contribution in [0.5, 0.6) is 0 Å². The van der Waals surface area contributed by atoms with Gasteiger partial charge in [0.15, 0.2) is 29.3 Å². The largest absolute Gasteiger partial charge is 0.400 e. The lowest BCUT2D eigenvalue weighted by Crippen LogP contribution is -2.39. The first-order valence-electron chi connectivity index (χ1n) is 19.7. The molecule has 0 saturated carbocycles. The summed E-state index contributed by atoms with van der Waals surface area (Å²) in [6.07, 6.45) is -0.954. The molecule has 2 saturated heterocycles. The summed E-state index contributed by atoms with van der Waals surface area (Å²) in [5.41, 5.74) is 4.48. The van der Waals surface area contributed by atoms with E-state index in [4.69, 9.17) is 27.8 Å². The molecule has 6 aromatic carbocycles. The Kier molecular flexibility index (Phi) is 9.79. The fourth-order valence-electron chi connectivity index (χ4n) is 8.64. The lowest BCUT2D eigenvalue weighted by atomic mass is 9.77. The van der Waals surface area contributed by atoms with Gasteiger partial charge in [-0.3, -0.25) is 4.57 Å². The number of hydrogen-bond acceptors (Lipinski definition) is 10. The average Bonchev–Trinajstić information content (AvgIpc) is 3.98. The van der Waals surface area contributed by atoms with E-state index in [9.17, 15) is 8.42 Å². The van der Waals surface area contributed by atoms with Gasteiger partial charge in [0, 0.05) is 0 Å². The molecule has 0 spiro atoms. The summed E-state index contributed by atoms with van der Waals surface area (Å²) in [5, 5.41) is 3.80. The number of aromatic nitrogens is 4. The molecule has 0 bridgehead atoms. The van der Waals surface area contributed by atoms with Crippen molar-refractivity contribution in [1.82, 2.24) is 19.5 Å². The number of imidazole rings is 1. The van der Waals surface area contributed by atoms with Crippen LogP contribution < -0.4 is 5.32 Å². The zero-order valence-electron chi connectivity index (χ0n) is 32.1. The van der Waals surface area contributed by atoms with Gasteiger partial charge in [-0.2, -0.15) is 8.42 Å². The van der Waals surface area contributed by atoms with E-state index in [2.05, 4.69) is 46.7 Å². The Bertz CT molecular complexity index is 2630. The highest BCUT2D eigenvalue weighted by atomic mass is 32.3. The molecule has 11 nitrogen and oxygen atoms in total. The van der Waals surface area contributed by atoms with Gasteiger partial charge < -0.3 is 14.8 Å². The normalized spacial score (nSPS) is 19.9. The molecule has 0 radical (unpaired) electrons. The van der Waals surface area contributed by atoms with Crippen LogP contribution in [0.2, 0.25) is 0 Å². The van der Waals surface area contributed by atoms with Crippen molar-refractivity contribution in [2.24, 2.45) is 0 Å².